The van der Waals surface area contributed by atoms with Crippen molar-refractivity contribution in [3.63, 3.8) is 0 Å². The van der Waals surface area contributed by atoms with Crippen LogP contribution in [0.5, 0.6) is 11.5 Å². The van der Waals surface area contributed by atoms with Gasteiger partial charge >= 0.3 is 11.9 Å². The van der Waals surface area contributed by atoms with Gasteiger partial charge in [-0.05, 0) is 49.8 Å². The maximum atomic E-state index is 12.3. The molecule has 2 aromatic carbocycles. The second-order valence-electron chi connectivity index (χ2n) is 6.60. The predicted octanol–water partition coefficient (Wildman–Crippen LogP) is 3.20. The first kappa shape index (κ1) is 22.5. The predicted molar refractivity (Wildman–Crippen MR) is 114 cm³/mol. The average molecular weight is 440 g/mol. The summed E-state index contributed by atoms with van der Waals surface area (Å²) in [7, 11) is 1.44. The molecule has 0 amide bonds. The fourth-order valence-corrected chi connectivity index (χ4v) is 2.92. The van der Waals surface area contributed by atoms with Crippen molar-refractivity contribution in [2.24, 2.45) is 4.99 Å². The Morgan fingerprint density at radius 3 is 2.66 bits per heavy atom. The molecular formula is C22H20N2O8. The van der Waals surface area contributed by atoms with Crippen LogP contribution in [-0.4, -0.2) is 43.1 Å². The third-order valence-electron chi connectivity index (χ3n) is 4.40. The Hall–Kier alpha value is -4.21. The number of carbonyl (C=O) groups excluding carboxylic acids is 2. The molecule has 0 fully saturated rings. The van der Waals surface area contributed by atoms with E-state index < -0.39 is 16.9 Å². The number of aliphatic imine (C=N–C) groups is 1. The van der Waals surface area contributed by atoms with E-state index in [0.29, 0.717) is 28.2 Å². The molecule has 0 unspecified atom stereocenters. The fraction of sp³-hybridized carbons (Fsp3) is 0.227. The highest BCUT2D eigenvalue weighted by Crippen LogP contribution is 2.30. The molecule has 0 saturated carbocycles. The molecule has 0 bridgehead atoms. The number of nitro groups is 1. The van der Waals surface area contributed by atoms with E-state index in [0.717, 1.165) is 0 Å². The second-order valence-corrected chi connectivity index (χ2v) is 6.60. The van der Waals surface area contributed by atoms with Crippen molar-refractivity contribution in [2.75, 3.05) is 20.3 Å². The number of methoxy groups -OCH3 is 1. The number of nitro benzene ring substituents is 1. The highest BCUT2D eigenvalue weighted by Gasteiger charge is 2.25. The van der Waals surface area contributed by atoms with Gasteiger partial charge in [-0.3, -0.25) is 10.1 Å². The fourth-order valence-electron chi connectivity index (χ4n) is 2.92. The Labute approximate surface area is 183 Å². The van der Waals surface area contributed by atoms with Gasteiger partial charge in [0.15, 0.2) is 23.8 Å². The lowest BCUT2D eigenvalue weighted by molar-refractivity contribution is -0.385. The number of rotatable bonds is 8. The first-order valence-corrected chi connectivity index (χ1v) is 9.56. The van der Waals surface area contributed by atoms with Gasteiger partial charge in [0.2, 0.25) is 5.90 Å². The zero-order valence-corrected chi connectivity index (χ0v) is 17.6. The van der Waals surface area contributed by atoms with E-state index in [9.17, 15) is 19.7 Å². The van der Waals surface area contributed by atoms with Gasteiger partial charge < -0.3 is 18.9 Å². The molecule has 0 saturated heterocycles. The van der Waals surface area contributed by atoms with E-state index in [4.69, 9.17) is 18.9 Å². The van der Waals surface area contributed by atoms with E-state index in [1.165, 1.54) is 31.4 Å². The van der Waals surface area contributed by atoms with Crippen molar-refractivity contribution in [3.05, 3.63) is 68.9 Å². The number of cyclic esters (lactones) is 1. The van der Waals surface area contributed by atoms with Crippen molar-refractivity contribution in [1.29, 1.82) is 0 Å². The summed E-state index contributed by atoms with van der Waals surface area (Å²) in [6.07, 6.45) is 1.51. The molecule has 32 heavy (non-hydrogen) atoms. The van der Waals surface area contributed by atoms with Crippen molar-refractivity contribution in [2.45, 2.75) is 13.8 Å². The number of ether oxygens (including phenoxy) is 4. The van der Waals surface area contributed by atoms with Gasteiger partial charge in [-0.25, -0.2) is 14.6 Å². The number of hydrogen-bond acceptors (Lipinski definition) is 9. The lowest BCUT2D eigenvalue weighted by atomic mass is 10.1. The molecule has 10 nitrogen and oxygen atoms in total. The van der Waals surface area contributed by atoms with E-state index in [2.05, 4.69) is 4.99 Å². The lowest BCUT2D eigenvalue weighted by Gasteiger charge is -2.10. The second kappa shape index (κ2) is 9.73. The van der Waals surface area contributed by atoms with Gasteiger partial charge in [0.25, 0.3) is 5.69 Å². The van der Waals surface area contributed by atoms with Gasteiger partial charge in [0, 0.05) is 17.2 Å². The van der Waals surface area contributed by atoms with Crippen LogP contribution in [0.2, 0.25) is 0 Å². The largest absolute Gasteiger partial charge is 0.493 e. The summed E-state index contributed by atoms with van der Waals surface area (Å²) in [5.74, 6) is -0.413. The maximum absolute atomic E-state index is 12.3. The number of carbonyl (C=O) groups is 2. The summed E-state index contributed by atoms with van der Waals surface area (Å²) in [6.45, 7) is 3.28. The normalized spacial score (nSPS) is 14.0. The van der Waals surface area contributed by atoms with Crippen LogP contribution in [0.3, 0.4) is 0 Å². The SMILES string of the molecule is CCOC(=O)COc1ccc(/C=C2\N=C(c3ccc([N+](=O)[O-])c(C)c3)OC2=O)cc1OC. The number of hydrogen-bond donors (Lipinski definition) is 0. The van der Waals surface area contributed by atoms with Crippen molar-refractivity contribution in [3.8, 4) is 11.5 Å². The van der Waals surface area contributed by atoms with Crippen LogP contribution in [0.25, 0.3) is 6.08 Å². The van der Waals surface area contributed by atoms with Crippen molar-refractivity contribution in [1.82, 2.24) is 0 Å². The number of aryl methyl sites for hydroxylation is 1. The molecule has 10 heteroatoms. The molecule has 0 aromatic heterocycles. The van der Waals surface area contributed by atoms with Crippen LogP contribution >= 0.6 is 0 Å². The van der Waals surface area contributed by atoms with Crippen molar-refractivity contribution < 1.29 is 33.5 Å². The Bertz CT molecular complexity index is 1140. The van der Waals surface area contributed by atoms with Crippen LogP contribution in [-0.2, 0) is 19.1 Å². The molecular weight excluding hydrogens is 420 g/mol. The minimum absolute atomic E-state index is 0.0354. The summed E-state index contributed by atoms with van der Waals surface area (Å²) >= 11 is 0. The summed E-state index contributed by atoms with van der Waals surface area (Å²) in [4.78, 5) is 38.4. The number of esters is 2. The van der Waals surface area contributed by atoms with Crippen LogP contribution in [0.15, 0.2) is 47.1 Å². The van der Waals surface area contributed by atoms with Gasteiger partial charge in [0.05, 0.1) is 18.6 Å². The summed E-state index contributed by atoms with van der Waals surface area (Å²) in [5, 5.41) is 11.0. The van der Waals surface area contributed by atoms with E-state index in [1.807, 2.05) is 0 Å². The summed E-state index contributed by atoms with van der Waals surface area (Å²) < 4.78 is 20.7. The molecule has 1 aliphatic heterocycles. The third kappa shape index (κ3) is 5.09. The van der Waals surface area contributed by atoms with Crippen LogP contribution in [0.1, 0.15) is 23.6 Å². The Balaban J connectivity index is 1.82. The maximum Gasteiger partial charge on any atom is 0.363 e. The molecule has 166 valence electrons. The summed E-state index contributed by atoms with van der Waals surface area (Å²) in [5.41, 5.74) is 1.48. The Kier molecular flexibility index (Phi) is 6.83. The molecule has 1 heterocycles. The highest BCUT2D eigenvalue weighted by atomic mass is 16.6. The van der Waals surface area contributed by atoms with E-state index in [-0.39, 0.29) is 30.5 Å². The quantitative estimate of drug-likeness (QED) is 0.265. The Morgan fingerprint density at radius 1 is 1.22 bits per heavy atom. The van der Waals surface area contributed by atoms with Crippen LogP contribution in [0.4, 0.5) is 5.69 Å². The third-order valence-corrected chi connectivity index (χ3v) is 4.40. The minimum atomic E-state index is -0.655. The first-order chi connectivity index (χ1) is 15.3. The number of benzene rings is 2. The standard InChI is InChI=1S/C22H20N2O8/c1-4-30-20(25)12-31-18-8-5-14(11-19(18)29-3)10-16-22(26)32-21(23-16)15-6-7-17(24(27)28)13(2)9-15/h5-11H,4,12H2,1-3H3/b16-10-. The topological polar surface area (TPSA) is 127 Å². The lowest BCUT2D eigenvalue weighted by Crippen LogP contribution is -2.14. The van der Waals surface area contributed by atoms with Gasteiger partial charge in [-0.2, -0.15) is 0 Å². The van der Waals surface area contributed by atoms with Gasteiger partial charge in [-0.15, -0.1) is 0 Å². The van der Waals surface area contributed by atoms with E-state index >= 15 is 0 Å². The van der Waals surface area contributed by atoms with Crippen LogP contribution < -0.4 is 9.47 Å². The minimum Gasteiger partial charge on any atom is -0.493 e. The monoisotopic (exact) mass is 440 g/mol. The van der Waals surface area contributed by atoms with Gasteiger partial charge in [0.1, 0.15) is 0 Å². The van der Waals surface area contributed by atoms with Crippen molar-refractivity contribution >= 4 is 29.6 Å². The van der Waals surface area contributed by atoms with Crippen LogP contribution in [0, 0.1) is 17.0 Å². The average Bonchev–Trinajstić information content (AvgIpc) is 3.12. The first-order valence-electron chi connectivity index (χ1n) is 9.56. The number of nitrogens with zero attached hydrogens (tertiary/aromatic N) is 2. The molecule has 0 radical (unpaired) electrons. The molecule has 1 aliphatic rings. The molecule has 0 N–H and O–H groups in total. The zero-order valence-electron chi connectivity index (χ0n) is 17.6. The zero-order chi connectivity index (χ0) is 23.3. The highest BCUT2D eigenvalue weighted by molar-refractivity contribution is 6.13. The summed E-state index contributed by atoms with van der Waals surface area (Å²) in [6, 6.07) is 9.21. The van der Waals surface area contributed by atoms with Gasteiger partial charge in [-0.1, -0.05) is 6.07 Å². The smallest absolute Gasteiger partial charge is 0.363 e. The molecule has 0 atom stereocenters. The van der Waals surface area contributed by atoms with E-state index in [1.54, 1.807) is 32.0 Å². The molecule has 0 spiro atoms. The Morgan fingerprint density at radius 2 is 2.00 bits per heavy atom. The molecule has 2 aromatic rings. The molecule has 3 rings (SSSR count). The molecule has 0 aliphatic carbocycles.